The van der Waals surface area contributed by atoms with Gasteiger partial charge in [-0.15, -0.1) is 0 Å². The fourth-order valence-corrected chi connectivity index (χ4v) is 5.25. The molecule has 0 aromatic carbocycles. The Balaban J connectivity index is 1.55. The van der Waals surface area contributed by atoms with Gasteiger partial charge in [0.05, 0.1) is 22.3 Å². The van der Waals surface area contributed by atoms with Crippen molar-refractivity contribution in [2.45, 2.75) is 52.0 Å². The van der Waals surface area contributed by atoms with Gasteiger partial charge in [-0.3, -0.25) is 0 Å². The number of pyridine rings is 2. The first kappa shape index (κ1) is 18.8. The third-order valence-corrected chi connectivity index (χ3v) is 7.28. The summed E-state index contributed by atoms with van der Waals surface area (Å²) in [6.07, 6.45) is 6.23. The first-order chi connectivity index (χ1) is 15.0. The molecule has 2 aliphatic rings. The van der Waals surface area contributed by atoms with Crippen LogP contribution in [-0.4, -0.2) is 49.7 Å². The van der Waals surface area contributed by atoms with Gasteiger partial charge in [0.15, 0.2) is 5.65 Å². The number of aryl methyl sites for hydroxylation is 1. The van der Waals surface area contributed by atoms with Gasteiger partial charge in [0.25, 0.3) is 0 Å². The van der Waals surface area contributed by atoms with Crippen molar-refractivity contribution in [3.8, 4) is 11.3 Å². The summed E-state index contributed by atoms with van der Waals surface area (Å²) in [4.78, 5) is 15.9. The summed E-state index contributed by atoms with van der Waals surface area (Å²) in [7, 11) is 0. The Kier molecular flexibility index (Phi) is 3.96. The van der Waals surface area contributed by atoms with Gasteiger partial charge in [-0.2, -0.15) is 5.10 Å². The molecular formula is C24H29N7. The van der Waals surface area contributed by atoms with E-state index in [1.54, 1.807) is 6.33 Å². The minimum absolute atomic E-state index is 0.280. The Hall–Kier alpha value is -2.93. The van der Waals surface area contributed by atoms with Crippen LogP contribution in [0.15, 0.2) is 24.7 Å². The molecule has 0 bridgehead atoms. The molecule has 1 aliphatic heterocycles. The third-order valence-electron chi connectivity index (χ3n) is 7.28. The highest BCUT2D eigenvalue weighted by atomic mass is 15.3. The summed E-state index contributed by atoms with van der Waals surface area (Å²) in [5, 5.41) is 7.96. The number of aromatic amines is 1. The van der Waals surface area contributed by atoms with Crippen LogP contribution in [0.1, 0.15) is 49.3 Å². The molecule has 7 nitrogen and oxygen atoms in total. The van der Waals surface area contributed by atoms with E-state index in [1.807, 2.05) is 4.52 Å². The van der Waals surface area contributed by atoms with Gasteiger partial charge < -0.3 is 15.2 Å². The molecule has 1 aliphatic carbocycles. The molecule has 0 unspecified atom stereocenters. The average Bonchev–Trinajstić information content (AvgIpc) is 3.20. The van der Waals surface area contributed by atoms with Crippen molar-refractivity contribution in [1.29, 1.82) is 0 Å². The molecule has 31 heavy (non-hydrogen) atoms. The van der Waals surface area contributed by atoms with Crippen molar-refractivity contribution in [2.24, 2.45) is 0 Å². The van der Waals surface area contributed by atoms with E-state index in [2.05, 4.69) is 71.3 Å². The van der Waals surface area contributed by atoms with Gasteiger partial charge in [-0.05, 0) is 55.9 Å². The molecule has 5 heterocycles. The Morgan fingerprint density at radius 1 is 1.13 bits per heavy atom. The molecule has 0 radical (unpaired) electrons. The van der Waals surface area contributed by atoms with Crippen LogP contribution in [0.4, 0.5) is 5.82 Å². The number of nitrogens with zero attached hydrogens (tertiary/aromatic N) is 5. The minimum atomic E-state index is 0.280. The van der Waals surface area contributed by atoms with Gasteiger partial charge >= 0.3 is 0 Å². The second kappa shape index (κ2) is 6.53. The lowest BCUT2D eigenvalue weighted by atomic mass is 9.95. The van der Waals surface area contributed by atoms with Crippen molar-refractivity contribution in [2.75, 3.05) is 24.5 Å². The van der Waals surface area contributed by atoms with Crippen LogP contribution in [-0.2, 0) is 0 Å². The number of piperazine rings is 1. The van der Waals surface area contributed by atoms with Crippen molar-refractivity contribution >= 4 is 22.5 Å². The molecule has 4 aromatic heterocycles. The van der Waals surface area contributed by atoms with Gasteiger partial charge in [0.2, 0.25) is 0 Å². The zero-order chi connectivity index (χ0) is 21.3. The third kappa shape index (κ3) is 2.72. The van der Waals surface area contributed by atoms with Crippen LogP contribution in [0, 0.1) is 13.8 Å². The fraction of sp³-hybridized carbons (Fsp3) is 0.458. The number of fused-ring (bicyclic) bond motifs is 2. The predicted octanol–water partition coefficient (Wildman–Crippen LogP) is 3.96. The summed E-state index contributed by atoms with van der Waals surface area (Å²) in [6, 6.07) is 4.40. The Morgan fingerprint density at radius 2 is 1.97 bits per heavy atom. The zero-order valence-corrected chi connectivity index (χ0v) is 18.7. The van der Waals surface area contributed by atoms with Crippen molar-refractivity contribution in [3.63, 3.8) is 0 Å². The van der Waals surface area contributed by atoms with E-state index < -0.39 is 0 Å². The van der Waals surface area contributed by atoms with E-state index in [-0.39, 0.29) is 5.54 Å². The largest absolute Gasteiger partial charge is 0.353 e. The van der Waals surface area contributed by atoms with Crippen LogP contribution in [0.25, 0.3) is 27.9 Å². The number of hydrogen-bond donors (Lipinski definition) is 2. The molecule has 160 valence electrons. The highest BCUT2D eigenvalue weighted by molar-refractivity contribution is 5.90. The van der Waals surface area contributed by atoms with Crippen LogP contribution >= 0.6 is 0 Å². The topological polar surface area (TPSA) is 74.1 Å². The summed E-state index contributed by atoms with van der Waals surface area (Å²) >= 11 is 0. The Morgan fingerprint density at radius 3 is 2.74 bits per heavy atom. The normalized spacial score (nSPS) is 18.0. The summed E-state index contributed by atoms with van der Waals surface area (Å²) in [5.74, 6) is 1.45. The molecule has 0 atom stereocenters. The molecular weight excluding hydrogens is 386 g/mol. The first-order valence-electron chi connectivity index (χ1n) is 11.3. The average molecular weight is 416 g/mol. The standard InChI is InChI=1S/C24H29N7/c1-14(2)20-21(17-11-31-23(26-13-27-31)16(4)15(17)3)28-18-5-6-19(29-22(18)20)30-10-9-25-12-24(30)7-8-24/h5-6,11,13-14,25,28H,7-10,12H2,1-4H3. The predicted molar refractivity (Wildman–Crippen MR) is 124 cm³/mol. The lowest BCUT2D eigenvalue weighted by molar-refractivity contribution is 0.460. The molecule has 1 spiro atoms. The zero-order valence-electron chi connectivity index (χ0n) is 18.7. The van der Waals surface area contributed by atoms with Crippen LogP contribution in [0.3, 0.4) is 0 Å². The number of aromatic nitrogens is 5. The van der Waals surface area contributed by atoms with E-state index in [4.69, 9.17) is 4.98 Å². The van der Waals surface area contributed by atoms with Crippen molar-refractivity contribution in [1.82, 2.24) is 29.9 Å². The second-order valence-corrected chi connectivity index (χ2v) is 9.51. The number of H-pyrrole nitrogens is 1. The maximum absolute atomic E-state index is 5.24. The molecule has 4 aromatic rings. The van der Waals surface area contributed by atoms with Crippen molar-refractivity contribution < 1.29 is 0 Å². The fourth-order valence-electron chi connectivity index (χ4n) is 5.25. The number of anilines is 1. The van der Waals surface area contributed by atoms with Gasteiger partial charge in [-0.25, -0.2) is 14.5 Å². The first-order valence-corrected chi connectivity index (χ1v) is 11.3. The Bertz CT molecular complexity index is 1310. The summed E-state index contributed by atoms with van der Waals surface area (Å²) in [5.41, 5.74) is 9.36. The minimum Gasteiger partial charge on any atom is -0.353 e. The quantitative estimate of drug-likeness (QED) is 0.530. The Labute approximate surface area is 181 Å². The number of hydrogen-bond acceptors (Lipinski definition) is 5. The highest BCUT2D eigenvalue weighted by Gasteiger charge is 2.49. The molecule has 6 rings (SSSR count). The van der Waals surface area contributed by atoms with E-state index in [9.17, 15) is 0 Å². The van der Waals surface area contributed by atoms with E-state index >= 15 is 0 Å². The second-order valence-electron chi connectivity index (χ2n) is 9.51. The van der Waals surface area contributed by atoms with Gasteiger partial charge in [0, 0.05) is 37.0 Å². The summed E-state index contributed by atoms with van der Waals surface area (Å²) < 4.78 is 1.88. The van der Waals surface area contributed by atoms with Gasteiger partial charge in [0.1, 0.15) is 12.1 Å². The molecule has 1 saturated carbocycles. The lowest BCUT2D eigenvalue weighted by Gasteiger charge is -2.37. The monoisotopic (exact) mass is 415 g/mol. The van der Waals surface area contributed by atoms with Crippen LogP contribution < -0.4 is 10.2 Å². The maximum atomic E-state index is 5.24. The number of rotatable bonds is 3. The molecule has 2 fully saturated rings. The van der Waals surface area contributed by atoms with Crippen LogP contribution in [0.2, 0.25) is 0 Å². The summed E-state index contributed by atoms with van der Waals surface area (Å²) in [6.45, 7) is 11.9. The van der Waals surface area contributed by atoms with Crippen molar-refractivity contribution in [3.05, 3.63) is 41.3 Å². The lowest BCUT2D eigenvalue weighted by Crippen LogP contribution is -2.53. The highest BCUT2D eigenvalue weighted by Crippen LogP contribution is 2.45. The van der Waals surface area contributed by atoms with Crippen LogP contribution in [0.5, 0.6) is 0 Å². The smallest absolute Gasteiger partial charge is 0.158 e. The number of nitrogens with one attached hydrogen (secondary N) is 2. The van der Waals surface area contributed by atoms with Gasteiger partial charge in [-0.1, -0.05) is 13.8 Å². The van der Waals surface area contributed by atoms with E-state index in [0.717, 1.165) is 53.4 Å². The molecule has 2 N–H and O–H groups in total. The van der Waals surface area contributed by atoms with E-state index in [0.29, 0.717) is 5.92 Å². The SMILES string of the molecule is Cc1c(-c2[nH]c3ccc(N4CCNCC45CC5)nc3c2C(C)C)cn2ncnc2c1C. The molecule has 7 heteroatoms. The molecule has 0 amide bonds. The maximum Gasteiger partial charge on any atom is 0.158 e. The molecule has 1 saturated heterocycles. The van der Waals surface area contributed by atoms with E-state index in [1.165, 1.54) is 29.5 Å².